The second kappa shape index (κ2) is 9.44. The van der Waals surface area contributed by atoms with E-state index in [0.717, 1.165) is 47.7 Å². The first kappa shape index (κ1) is 22.7. The van der Waals surface area contributed by atoms with Crippen molar-refractivity contribution in [1.82, 2.24) is 14.5 Å². The molecule has 11 heteroatoms. The van der Waals surface area contributed by atoms with Crippen molar-refractivity contribution in [1.29, 1.82) is 0 Å². The Morgan fingerprint density at radius 2 is 1.93 bits per heavy atom. The number of thiophene rings is 1. The van der Waals surface area contributed by atoms with Crippen molar-refractivity contribution in [2.45, 2.75) is 61.9 Å². The largest absolute Gasteiger partial charge is 0.481 e. The van der Waals surface area contributed by atoms with Crippen molar-refractivity contribution in [3.8, 4) is 0 Å². The summed E-state index contributed by atoms with van der Waals surface area (Å²) in [5, 5.41) is 13.7. The number of hydrogen-bond acceptors (Lipinski definition) is 6. The molecule has 2 aliphatic rings. The van der Waals surface area contributed by atoms with E-state index in [4.69, 9.17) is 0 Å². The summed E-state index contributed by atoms with van der Waals surface area (Å²) in [6.45, 7) is 1.40. The van der Waals surface area contributed by atoms with Crippen LogP contribution in [0.3, 0.4) is 0 Å². The normalized spacial score (nSPS) is 22.0. The van der Waals surface area contributed by atoms with E-state index in [0.29, 0.717) is 0 Å². The fourth-order valence-electron chi connectivity index (χ4n) is 4.30. The molecule has 1 saturated heterocycles. The Labute approximate surface area is 180 Å². The molecule has 1 aromatic rings. The fraction of sp³-hybridized carbons (Fsp3) is 0.632. The standard InChI is InChI=1S/C19H27N3O6S2/c1-13(23)21-9-10-22(30(27,28)17-8-5-11-29-17)19(21)18(26)20-15(12-16(24)25)14-6-3-2-4-7-14/h5,8,11,14-15,19H,2-4,6-7,9-10,12H2,1H3,(H,20,26)(H,24,25). The van der Waals surface area contributed by atoms with Crippen LogP contribution in [-0.4, -0.2) is 65.8 Å². The van der Waals surface area contributed by atoms with E-state index in [-0.39, 0.29) is 29.6 Å². The van der Waals surface area contributed by atoms with E-state index >= 15 is 0 Å². The predicted molar refractivity (Wildman–Crippen MR) is 110 cm³/mol. The lowest BCUT2D eigenvalue weighted by molar-refractivity contribution is -0.141. The number of aliphatic carboxylic acids is 1. The van der Waals surface area contributed by atoms with Crippen LogP contribution < -0.4 is 5.32 Å². The molecule has 1 aliphatic carbocycles. The van der Waals surface area contributed by atoms with Crippen LogP contribution in [0.25, 0.3) is 0 Å². The van der Waals surface area contributed by atoms with Crippen LogP contribution in [0.15, 0.2) is 21.7 Å². The minimum atomic E-state index is -3.96. The quantitative estimate of drug-likeness (QED) is 0.639. The molecule has 1 aromatic heterocycles. The Kier molecular flexibility index (Phi) is 7.14. The third kappa shape index (κ3) is 4.84. The van der Waals surface area contributed by atoms with Gasteiger partial charge in [-0.2, -0.15) is 4.31 Å². The van der Waals surface area contributed by atoms with Gasteiger partial charge in [-0.1, -0.05) is 25.3 Å². The zero-order valence-corrected chi connectivity index (χ0v) is 18.5. The third-order valence-electron chi connectivity index (χ3n) is 5.77. The maximum atomic E-state index is 13.2. The van der Waals surface area contributed by atoms with E-state index in [2.05, 4.69) is 5.32 Å². The van der Waals surface area contributed by atoms with Gasteiger partial charge in [-0.25, -0.2) is 8.42 Å². The third-order valence-corrected chi connectivity index (χ3v) is 8.99. The van der Waals surface area contributed by atoms with Gasteiger partial charge < -0.3 is 15.3 Å². The number of carbonyl (C=O) groups is 3. The lowest BCUT2D eigenvalue weighted by Gasteiger charge is -2.33. The predicted octanol–water partition coefficient (Wildman–Crippen LogP) is 1.47. The number of carboxylic acids is 1. The Morgan fingerprint density at radius 1 is 1.23 bits per heavy atom. The number of amides is 2. The zero-order chi connectivity index (χ0) is 21.9. The second-order valence-electron chi connectivity index (χ2n) is 7.74. The maximum absolute atomic E-state index is 13.2. The number of carboxylic acid groups (broad SMARTS) is 1. The molecule has 2 N–H and O–H groups in total. The summed E-state index contributed by atoms with van der Waals surface area (Å²) in [6.07, 6.45) is 3.09. The first-order valence-corrected chi connectivity index (χ1v) is 12.4. The maximum Gasteiger partial charge on any atom is 0.305 e. The average Bonchev–Trinajstić information content (AvgIpc) is 3.38. The Balaban J connectivity index is 1.86. The molecular formula is C19H27N3O6S2. The summed E-state index contributed by atoms with van der Waals surface area (Å²) in [4.78, 5) is 37.9. The van der Waals surface area contributed by atoms with Gasteiger partial charge in [-0.05, 0) is 30.2 Å². The lowest BCUT2D eigenvalue weighted by atomic mass is 9.82. The number of carbonyl (C=O) groups excluding carboxylic acids is 2. The van der Waals surface area contributed by atoms with E-state index < -0.39 is 40.0 Å². The Bertz CT molecular complexity index is 880. The second-order valence-corrected chi connectivity index (χ2v) is 10.8. The average molecular weight is 458 g/mol. The number of rotatable bonds is 7. The molecule has 3 rings (SSSR count). The van der Waals surface area contributed by atoms with E-state index in [1.54, 1.807) is 11.4 Å². The molecule has 2 atom stereocenters. The van der Waals surface area contributed by atoms with Crippen LogP contribution in [-0.2, 0) is 24.4 Å². The van der Waals surface area contributed by atoms with Crippen molar-refractivity contribution in [3.05, 3.63) is 17.5 Å². The highest BCUT2D eigenvalue weighted by atomic mass is 32.2. The van der Waals surface area contributed by atoms with Gasteiger partial charge in [0.05, 0.1) is 6.42 Å². The summed E-state index contributed by atoms with van der Waals surface area (Å²) in [6, 6.07) is 2.47. The number of nitrogens with zero attached hydrogens (tertiary/aromatic N) is 2. The van der Waals surface area contributed by atoms with Gasteiger partial charge in [-0.3, -0.25) is 14.4 Å². The van der Waals surface area contributed by atoms with Crippen molar-refractivity contribution in [2.24, 2.45) is 5.92 Å². The Morgan fingerprint density at radius 3 is 2.50 bits per heavy atom. The first-order valence-electron chi connectivity index (χ1n) is 10.1. The molecule has 2 amide bonds. The topological polar surface area (TPSA) is 124 Å². The van der Waals surface area contributed by atoms with Crippen LogP contribution in [0, 0.1) is 5.92 Å². The molecule has 9 nitrogen and oxygen atoms in total. The zero-order valence-electron chi connectivity index (χ0n) is 16.8. The van der Waals surface area contributed by atoms with Gasteiger partial charge in [0, 0.05) is 26.1 Å². The van der Waals surface area contributed by atoms with E-state index in [9.17, 15) is 27.9 Å². The summed E-state index contributed by atoms with van der Waals surface area (Å²) < 4.78 is 27.3. The van der Waals surface area contributed by atoms with Crippen molar-refractivity contribution in [2.75, 3.05) is 13.1 Å². The van der Waals surface area contributed by atoms with E-state index in [1.165, 1.54) is 17.9 Å². The number of hydrogen-bond donors (Lipinski definition) is 2. The number of nitrogens with one attached hydrogen (secondary N) is 1. The summed E-state index contributed by atoms with van der Waals surface area (Å²) in [5.74, 6) is -2.07. The van der Waals surface area contributed by atoms with Gasteiger partial charge in [0.1, 0.15) is 4.21 Å². The summed E-state index contributed by atoms with van der Waals surface area (Å²) >= 11 is 1.04. The van der Waals surface area contributed by atoms with Crippen molar-refractivity contribution in [3.63, 3.8) is 0 Å². The van der Waals surface area contributed by atoms with Crippen molar-refractivity contribution >= 4 is 39.1 Å². The van der Waals surface area contributed by atoms with Crippen LogP contribution in [0.4, 0.5) is 0 Å². The summed E-state index contributed by atoms with van der Waals surface area (Å²) in [7, 11) is -3.96. The highest BCUT2D eigenvalue weighted by Gasteiger charge is 2.46. The minimum absolute atomic E-state index is 0.00489. The molecule has 0 spiro atoms. The van der Waals surface area contributed by atoms with Gasteiger partial charge in [0.25, 0.3) is 15.9 Å². The van der Waals surface area contributed by atoms with Gasteiger partial charge in [-0.15, -0.1) is 11.3 Å². The molecule has 1 aliphatic heterocycles. The van der Waals surface area contributed by atoms with Crippen LogP contribution in [0.2, 0.25) is 0 Å². The molecular weight excluding hydrogens is 430 g/mol. The summed E-state index contributed by atoms with van der Waals surface area (Å²) in [5.41, 5.74) is 0. The molecule has 2 unspecified atom stereocenters. The van der Waals surface area contributed by atoms with Crippen LogP contribution in [0.5, 0.6) is 0 Å². The van der Waals surface area contributed by atoms with Crippen LogP contribution in [0.1, 0.15) is 45.4 Å². The molecule has 0 aromatic carbocycles. The number of sulfonamides is 1. The molecule has 0 bridgehead atoms. The molecule has 30 heavy (non-hydrogen) atoms. The molecule has 2 fully saturated rings. The molecule has 2 heterocycles. The van der Waals surface area contributed by atoms with Crippen LogP contribution >= 0.6 is 11.3 Å². The van der Waals surface area contributed by atoms with Gasteiger partial charge in [0.15, 0.2) is 6.17 Å². The SMILES string of the molecule is CC(=O)N1CCN(S(=O)(=O)c2cccs2)C1C(=O)NC(CC(=O)O)C1CCCCC1. The van der Waals surface area contributed by atoms with E-state index in [1.807, 2.05) is 0 Å². The molecule has 0 radical (unpaired) electrons. The van der Waals surface area contributed by atoms with Crippen molar-refractivity contribution < 1.29 is 27.9 Å². The Hall–Kier alpha value is -1.98. The lowest BCUT2D eigenvalue weighted by Crippen LogP contribution is -2.56. The van der Waals surface area contributed by atoms with Gasteiger partial charge in [0.2, 0.25) is 5.91 Å². The molecule has 166 valence electrons. The monoisotopic (exact) mass is 457 g/mol. The highest BCUT2D eigenvalue weighted by molar-refractivity contribution is 7.91. The highest BCUT2D eigenvalue weighted by Crippen LogP contribution is 2.30. The first-order chi connectivity index (χ1) is 14.2. The fourth-order valence-corrected chi connectivity index (χ4v) is 6.97. The molecule has 1 saturated carbocycles. The smallest absolute Gasteiger partial charge is 0.305 e. The minimum Gasteiger partial charge on any atom is -0.481 e. The van der Waals surface area contributed by atoms with Gasteiger partial charge >= 0.3 is 5.97 Å².